The molecule has 0 aliphatic carbocycles. The highest BCUT2D eigenvalue weighted by Gasteiger charge is 2.33. The minimum Gasteiger partial charge on any atom is -0.335 e. The third kappa shape index (κ3) is 3.88. The molecule has 0 spiro atoms. The number of para-hydroxylation sites is 1. The molecule has 6 heteroatoms. The van der Waals surface area contributed by atoms with Gasteiger partial charge in [-0.05, 0) is 50.6 Å². The molecule has 0 radical (unpaired) electrons. The van der Waals surface area contributed by atoms with Crippen molar-refractivity contribution in [1.82, 2.24) is 14.9 Å². The maximum atomic E-state index is 13.2. The predicted molar refractivity (Wildman–Crippen MR) is 108 cm³/mol. The number of aromatic nitrogens is 2. The summed E-state index contributed by atoms with van der Waals surface area (Å²) in [6.45, 7) is 6.43. The monoisotopic (exact) mass is 383 g/mol. The van der Waals surface area contributed by atoms with Crippen LogP contribution >= 0.6 is 11.6 Å². The Hall–Kier alpha value is -2.66. The van der Waals surface area contributed by atoms with Gasteiger partial charge in [0.15, 0.2) is 0 Å². The van der Waals surface area contributed by atoms with Crippen molar-refractivity contribution in [2.24, 2.45) is 0 Å². The highest BCUT2D eigenvalue weighted by atomic mass is 35.5. The Morgan fingerprint density at radius 2 is 1.81 bits per heavy atom. The summed E-state index contributed by atoms with van der Waals surface area (Å²) in [5, 5.41) is 1.17. The maximum absolute atomic E-state index is 13.2. The Kier molecular flexibility index (Phi) is 5.33. The van der Waals surface area contributed by atoms with Crippen LogP contribution in [0.2, 0.25) is 5.02 Å². The summed E-state index contributed by atoms with van der Waals surface area (Å²) in [5.41, 5.74) is 0.584. The Morgan fingerprint density at radius 3 is 2.48 bits per heavy atom. The van der Waals surface area contributed by atoms with E-state index in [-0.39, 0.29) is 18.0 Å². The summed E-state index contributed by atoms with van der Waals surface area (Å²) in [6, 6.07) is 14.5. The van der Waals surface area contributed by atoms with Gasteiger partial charge in [-0.2, -0.15) is 0 Å². The van der Waals surface area contributed by atoms with Crippen molar-refractivity contribution in [3.8, 4) is 0 Å². The number of H-pyrrole nitrogens is 1. The summed E-state index contributed by atoms with van der Waals surface area (Å²) in [5.74, 6) is 0.434. The number of halogens is 1. The summed E-state index contributed by atoms with van der Waals surface area (Å²) in [6.07, 6.45) is 0. The van der Waals surface area contributed by atoms with Crippen molar-refractivity contribution in [2.45, 2.75) is 32.7 Å². The summed E-state index contributed by atoms with van der Waals surface area (Å²) in [7, 11) is 0. The second-order valence-corrected chi connectivity index (χ2v) is 7.42. The van der Waals surface area contributed by atoms with Gasteiger partial charge in [0, 0.05) is 11.6 Å². The molecule has 1 aromatic heterocycles. The number of nitrogens with one attached hydrogen (secondary N) is 1. The lowest BCUT2D eigenvalue weighted by atomic mass is 9.83. The number of carbonyl (C=O) groups excluding carboxylic acids is 1. The number of likely N-dealkylation sites (N-methyl/N-ethyl adjacent to an activating group) is 1. The van der Waals surface area contributed by atoms with E-state index in [1.807, 2.05) is 39.0 Å². The van der Waals surface area contributed by atoms with Crippen LogP contribution in [0, 0.1) is 0 Å². The van der Waals surface area contributed by atoms with Gasteiger partial charge in [-0.1, -0.05) is 35.9 Å². The predicted octanol–water partition coefficient (Wildman–Crippen LogP) is 3.90. The van der Waals surface area contributed by atoms with Crippen LogP contribution < -0.4 is 5.56 Å². The molecule has 5 nitrogen and oxygen atoms in total. The normalized spacial score (nSPS) is 11.6. The molecule has 0 aliphatic rings. The van der Waals surface area contributed by atoms with E-state index in [1.54, 1.807) is 35.2 Å². The molecule has 0 fully saturated rings. The Morgan fingerprint density at radius 1 is 1.15 bits per heavy atom. The summed E-state index contributed by atoms with van der Waals surface area (Å²) in [4.78, 5) is 34.5. The van der Waals surface area contributed by atoms with Crippen molar-refractivity contribution >= 4 is 28.4 Å². The Labute approximate surface area is 163 Å². The van der Waals surface area contributed by atoms with Gasteiger partial charge in [-0.15, -0.1) is 0 Å². The van der Waals surface area contributed by atoms with Crippen LogP contribution in [-0.2, 0) is 16.8 Å². The van der Waals surface area contributed by atoms with E-state index in [9.17, 15) is 9.59 Å². The van der Waals surface area contributed by atoms with Gasteiger partial charge in [-0.3, -0.25) is 9.59 Å². The van der Waals surface area contributed by atoms with Gasteiger partial charge in [-0.25, -0.2) is 4.98 Å². The first-order valence-electron chi connectivity index (χ1n) is 8.86. The fourth-order valence-corrected chi connectivity index (χ4v) is 3.23. The van der Waals surface area contributed by atoms with Crippen LogP contribution in [0.5, 0.6) is 0 Å². The number of hydrogen-bond acceptors (Lipinski definition) is 3. The molecular weight excluding hydrogens is 362 g/mol. The fourth-order valence-electron chi connectivity index (χ4n) is 3.10. The number of fused-ring (bicyclic) bond motifs is 1. The summed E-state index contributed by atoms with van der Waals surface area (Å²) < 4.78 is 0. The average Bonchev–Trinajstić information content (AvgIpc) is 2.66. The topological polar surface area (TPSA) is 66.1 Å². The number of benzene rings is 2. The highest BCUT2D eigenvalue weighted by Crippen LogP contribution is 2.27. The zero-order chi connectivity index (χ0) is 19.6. The molecule has 0 saturated heterocycles. The first-order valence-corrected chi connectivity index (χ1v) is 9.24. The molecule has 1 amide bonds. The van der Waals surface area contributed by atoms with E-state index < -0.39 is 5.41 Å². The number of carbonyl (C=O) groups is 1. The zero-order valence-electron chi connectivity index (χ0n) is 15.6. The molecule has 0 atom stereocenters. The van der Waals surface area contributed by atoms with Gasteiger partial charge in [0.25, 0.3) is 5.56 Å². The first kappa shape index (κ1) is 19.1. The van der Waals surface area contributed by atoms with E-state index >= 15 is 0 Å². The number of hydrogen-bond donors (Lipinski definition) is 1. The number of aromatic amines is 1. The fraction of sp³-hybridized carbons (Fsp3) is 0.286. The van der Waals surface area contributed by atoms with Gasteiger partial charge in [0.1, 0.15) is 5.82 Å². The largest absolute Gasteiger partial charge is 0.335 e. The average molecular weight is 384 g/mol. The SMILES string of the molecule is CCN(Cc1nc2ccccc2c(=O)[nH]1)C(=O)C(C)(C)c1ccc(Cl)cc1. The molecule has 3 aromatic rings. The van der Waals surface area contributed by atoms with Crippen molar-refractivity contribution < 1.29 is 4.79 Å². The van der Waals surface area contributed by atoms with Crippen LogP contribution in [0.25, 0.3) is 10.9 Å². The quantitative estimate of drug-likeness (QED) is 0.726. The first-order chi connectivity index (χ1) is 12.8. The highest BCUT2D eigenvalue weighted by molar-refractivity contribution is 6.30. The second kappa shape index (κ2) is 7.53. The third-order valence-electron chi connectivity index (χ3n) is 4.77. The molecule has 3 rings (SSSR count). The number of nitrogens with zero attached hydrogens (tertiary/aromatic N) is 2. The molecule has 27 heavy (non-hydrogen) atoms. The second-order valence-electron chi connectivity index (χ2n) is 6.98. The van der Waals surface area contributed by atoms with Crippen LogP contribution in [0.15, 0.2) is 53.3 Å². The van der Waals surface area contributed by atoms with Gasteiger partial charge in [0.05, 0.1) is 22.9 Å². The third-order valence-corrected chi connectivity index (χ3v) is 5.02. The Balaban J connectivity index is 1.89. The number of amides is 1. The number of rotatable bonds is 5. The van der Waals surface area contributed by atoms with Gasteiger partial charge < -0.3 is 9.88 Å². The van der Waals surface area contributed by atoms with E-state index in [0.717, 1.165) is 5.56 Å². The molecule has 0 aliphatic heterocycles. The lowest BCUT2D eigenvalue weighted by molar-refractivity contribution is -0.136. The van der Waals surface area contributed by atoms with Gasteiger partial charge >= 0.3 is 0 Å². The lowest BCUT2D eigenvalue weighted by Crippen LogP contribution is -2.43. The van der Waals surface area contributed by atoms with Crippen LogP contribution in [0.3, 0.4) is 0 Å². The molecule has 1 N–H and O–H groups in total. The summed E-state index contributed by atoms with van der Waals surface area (Å²) >= 11 is 5.96. The molecule has 2 aromatic carbocycles. The van der Waals surface area contributed by atoms with Gasteiger partial charge in [0.2, 0.25) is 5.91 Å². The van der Waals surface area contributed by atoms with E-state index in [2.05, 4.69) is 9.97 Å². The Bertz CT molecular complexity index is 1030. The molecule has 140 valence electrons. The van der Waals surface area contributed by atoms with E-state index in [0.29, 0.717) is 28.3 Å². The smallest absolute Gasteiger partial charge is 0.258 e. The molecule has 1 heterocycles. The zero-order valence-corrected chi connectivity index (χ0v) is 16.4. The van der Waals surface area contributed by atoms with Crippen molar-refractivity contribution in [2.75, 3.05) is 6.54 Å². The molecule has 0 bridgehead atoms. The van der Waals surface area contributed by atoms with E-state index in [1.165, 1.54) is 0 Å². The minimum absolute atomic E-state index is 0.0388. The van der Waals surface area contributed by atoms with Crippen LogP contribution in [-0.4, -0.2) is 27.3 Å². The van der Waals surface area contributed by atoms with Crippen molar-refractivity contribution in [1.29, 1.82) is 0 Å². The minimum atomic E-state index is -0.724. The van der Waals surface area contributed by atoms with Crippen LogP contribution in [0.4, 0.5) is 0 Å². The van der Waals surface area contributed by atoms with Crippen molar-refractivity contribution in [3.63, 3.8) is 0 Å². The van der Waals surface area contributed by atoms with Crippen LogP contribution in [0.1, 0.15) is 32.2 Å². The van der Waals surface area contributed by atoms with E-state index in [4.69, 9.17) is 11.6 Å². The lowest BCUT2D eigenvalue weighted by Gasteiger charge is -2.31. The standard InChI is InChI=1S/C21H22ClN3O2/c1-4-25(20(27)21(2,3)14-9-11-15(22)12-10-14)13-18-23-17-8-6-5-7-16(17)19(26)24-18/h5-12H,4,13H2,1-3H3,(H,23,24,26). The maximum Gasteiger partial charge on any atom is 0.258 e. The molecular formula is C21H22ClN3O2. The van der Waals surface area contributed by atoms with Crippen molar-refractivity contribution in [3.05, 3.63) is 75.3 Å². The molecule has 0 unspecified atom stereocenters. The molecule has 0 saturated carbocycles.